The van der Waals surface area contributed by atoms with Crippen molar-refractivity contribution in [3.8, 4) is 5.75 Å². The van der Waals surface area contributed by atoms with E-state index in [9.17, 15) is 4.39 Å². The van der Waals surface area contributed by atoms with E-state index in [0.29, 0.717) is 12.5 Å². The first-order valence-corrected chi connectivity index (χ1v) is 6.83. The Hall–Kier alpha value is -1.13. The van der Waals surface area contributed by atoms with Crippen LogP contribution in [0.2, 0.25) is 0 Å². The minimum Gasteiger partial charge on any atom is -0.461 e. The highest BCUT2D eigenvalue weighted by Gasteiger charge is 2.47. The van der Waals surface area contributed by atoms with Crippen LogP contribution in [-0.2, 0) is 9.47 Å². The lowest BCUT2D eigenvalue weighted by atomic mass is 9.96. The summed E-state index contributed by atoms with van der Waals surface area (Å²) in [7, 11) is 0. The molecule has 0 N–H and O–H groups in total. The lowest BCUT2D eigenvalue weighted by Gasteiger charge is -2.19. The third-order valence-corrected chi connectivity index (χ3v) is 3.93. The highest BCUT2D eigenvalue weighted by Crippen LogP contribution is 2.39. The Labute approximate surface area is 112 Å². The zero-order valence-electron chi connectivity index (χ0n) is 11.2. The Bertz CT molecular complexity index is 449. The monoisotopic (exact) mass is 266 g/mol. The van der Waals surface area contributed by atoms with Crippen LogP contribution < -0.4 is 4.74 Å². The van der Waals surface area contributed by atoms with Crippen LogP contribution in [0.3, 0.4) is 0 Å². The van der Waals surface area contributed by atoms with Gasteiger partial charge in [-0.05, 0) is 24.5 Å². The SMILES string of the molecule is CC(C)C1CC2C(COC2Oc2ccccc2F)O1. The van der Waals surface area contributed by atoms with E-state index in [1.807, 2.05) is 0 Å². The molecule has 104 valence electrons. The van der Waals surface area contributed by atoms with Gasteiger partial charge in [0.05, 0.1) is 24.7 Å². The molecule has 0 amide bonds. The van der Waals surface area contributed by atoms with E-state index in [-0.39, 0.29) is 29.7 Å². The molecule has 1 aromatic carbocycles. The van der Waals surface area contributed by atoms with Gasteiger partial charge in [0.2, 0.25) is 6.29 Å². The molecule has 4 atom stereocenters. The molecule has 2 fully saturated rings. The Balaban J connectivity index is 1.69. The predicted molar refractivity (Wildman–Crippen MR) is 68.4 cm³/mol. The van der Waals surface area contributed by atoms with Crippen molar-refractivity contribution in [3.63, 3.8) is 0 Å². The van der Waals surface area contributed by atoms with Crippen LogP contribution >= 0.6 is 0 Å². The van der Waals surface area contributed by atoms with E-state index in [0.717, 1.165) is 6.42 Å². The second-order valence-electron chi connectivity index (χ2n) is 5.61. The van der Waals surface area contributed by atoms with Gasteiger partial charge in [-0.25, -0.2) is 4.39 Å². The normalized spacial score (nSPS) is 33.7. The third-order valence-electron chi connectivity index (χ3n) is 3.93. The van der Waals surface area contributed by atoms with Crippen LogP contribution in [-0.4, -0.2) is 25.1 Å². The Morgan fingerprint density at radius 2 is 2.11 bits per heavy atom. The van der Waals surface area contributed by atoms with Gasteiger partial charge in [0.15, 0.2) is 11.6 Å². The number of para-hydroxylation sites is 1. The molecule has 2 saturated heterocycles. The van der Waals surface area contributed by atoms with Crippen LogP contribution in [0.1, 0.15) is 20.3 Å². The molecule has 2 heterocycles. The summed E-state index contributed by atoms with van der Waals surface area (Å²) in [6.45, 7) is 4.84. The fraction of sp³-hybridized carbons (Fsp3) is 0.600. The van der Waals surface area contributed by atoms with Crippen LogP contribution in [0.15, 0.2) is 24.3 Å². The van der Waals surface area contributed by atoms with E-state index >= 15 is 0 Å². The number of hydrogen-bond donors (Lipinski definition) is 0. The first-order valence-electron chi connectivity index (χ1n) is 6.83. The molecule has 0 spiro atoms. The number of halogens is 1. The quantitative estimate of drug-likeness (QED) is 0.841. The molecule has 0 radical (unpaired) electrons. The molecular weight excluding hydrogens is 247 g/mol. The first kappa shape index (κ1) is 12.9. The molecule has 3 rings (SSSR count). The number of benzene rings is 1. The Kier molecular flexibility index (Phi) is 3.46. The maximum atomic E-state index is 13.6. The molecule has 1 aromatic rings. The molecule has 0 bridgehead atoms. The maximum absolute atomic E-state index is 13.6. The van der Waals surface area contributed by atoms with Gasteiger partial charge in [0, 0.05) is 0 Å². The first-order chi connectivity index (χ1) is 9.15. The van der Waals surface area contributed by atoms with Crippen LogP contribution in [0, 0.1) is 17.7 Å². The van der Waals surface area contributed by atoms with E-state index < -0.39 is 6.29 Å². The largest absolute Gasteiger partial charge is 0.461 e. The molecular formula is C15H19FO3. The molecule has 0 aromatic heterocycles. The Morgan fingerprint density at radius 3 is 2.84 bits per heavy atom. The van der Waals surface area contributed by atoms with E-state index in [4.69, 9.17) is 14.2 Å². The van der Waals surface area contributed by atoms with E-state index in [1.54, 1.807) is 18.2 Å². The van der Waals surface area contributed by atoms with Crippen molar-refractivity contribution in [2.45, 2.75) is 38.8 Å². The number of hydrogen-bond acceptors (Lipinski definition) is 3. The average molecular weight is 266 g/mol. The fourth-order valence-corrected chi connectivity index (χ4v) is 2.78. The summed E-state index contributed by atoms with van der Waals surface area (Å²) < 4.78 is 30.8. The molecule has 4 unspecified atom stereocenters. The fourth-order valence-electron chi connectivity index (χ4n) is 2.78. The van der Waals surface area contributed by atoms with Gasteiger partial charge in [0.1, 0.15) is 0 Å². The van der Waals surface area contributed by atoms with E-state index in [1.165, 1.54) is 6.07 Å². The topological polar surface area (TPSA) is 27.7 Å². The summed E-state index contributed by atoms with van der Waals surface area (Å²) in [6, 6.07) is 6.42. The van der Waals surface area contributed by atoms with Crippen LogP contribution in [0.4, 0.5) is 4.39 Å². The summed E-state index contributed by atoms with van der Waals surface area (Å²) in [4.78, 5) is 0. The molecule has 0 saturated carbocycles. The van der Waals surface area contributed by atoms with Crippen molar-refractivity contribution >= 4 is 0 Å². The molecule has 2 aliphatic rings. The van der Waals surface area contributed by atoms with Gasteiger partial charge in [0.25, 0.3) is 0 Å². The lowest BCUT2D eigenvalue weighted by Crippen LogP contribution is -2.26. The maximum Gasteiger partial charge on any atom is 0.205 e. The molecule has 3 nitrogen and oxygen atoms in total. The summed E-state index contributed by atoms with van der Waals surface area (Å²) in [6.07, 6.45) is 0.863. The highest BCUT2D eigenvalue weighted by molar-refractivity contribution is 5.24. The third kappa shape index (κ3) is 2.47. The van der Waals surface area contributed by atoms with Crippen molar-refractivity contribution in [3.05, 3.63) is 30.1 Å². The molecule has 0 aliphatic carbocycles. The van der Waals surface area contributed by atoms with Crippen molar-refractivity contribution in [2.75, 3.05) is 6.61 Å². The summed E-state index contributed by atoms with van der Waals surface area (Å²) >= 11 is 0. The lowest BCUT2D eigenvalue weighted by molar-refractivity contribution is -0.0745. The van der Waals surface area contributed by atoms with Gasteiger partial charge in [-0.15, -0.1) is 0 Å². The zero-order valence-corrected chi connectivity index (χ0v) is 11.2. The summed E-state index contributed by atoms with van der Waals surface area (Å²) in [5.41, 5.74) is 0. The molecule has 4 heteroatoms. The standard InChI is InChI=1S/C15H19FO3/c1-9(2)13-7-10-14(18-13)8-17-15(10)19-12-6-4-3-5-11(12)16/h3-6,9-10,13-15H,7-8H2,1-2H3. The Morgan fingerprint density at radius 1 is 1.32 bits per heavy atom. The zero-order chi connectivity index (χ0) is 13.4. The van der Waals surface area contributed by atoms with Crippen molar-refractivity contribution in [2.24, 2.45) is 11.8 Å². The van der Waals surface area contributed by atoms with Gasteiger partial charge in [-0.3, -0.25) is 0 Å². The highest BCUT2D eigenvalue weighted by atomic mass is 19.1. The predicted octanol–water partition coefficient (Wildman–Crippen LogP) is 2.99. The van der Waals surface area contributed by atoms with Gasteiger partial charge in [-0.1, -0.05) is 26.0 Å². The summed E-state index contributed by atoms with van der Waals surface area (Å²) in [5, 5.41) is 0. The summed E-state index contributed by atoms with van der Waals surface area (Å²) in [5.74, 6) is 0.585. The van der Waals surface area contributed by atoms with E-state index in [2.05, 4.69) is 13.8 Å². The average Bonchev–Trinajstić information content (AvgIpc) is 2.94. The van der Waals surface area contributed by atoms with Gasteiger partial charge in [-0.2, -0.15) is 0 Å². The van der Waals surface area contributed by atoms with Gasteiger partial charge >= 0.3 is 0 Å². The van der Waals surface area contributed by atoms with Crippen LogP contribution in [0.5, 0.6) is 5.75 Å². The van der Waals surface area contributed by atoms with Gasteiger partial charge < -0.3 is 14.2 Å². The minimum absolute atomic E-state index is 0.0872. The van der Waals surface area contributed by atoms with Crippen LogP contribution in [0.25, 0.3) is 0 Å². The second-order valence-corrected chi connectivity index (χ2v) is 5.61. The van der Waals surface area contributed by atoms with Crippen molar-refractivity contribution < 1.29 is 18.6 Å². The van der Waals surface area contributed by atoms with Crippen molar-refractivity contribution in [1.82, 2.24) is 0 Å². The smallest absolute Gasteiger partial charge is 0.205 e. The minimum atomic E-state index is -0.398. The number of rotatable bonds is 3. The van der Waals surface area contributed by atoms with Crippen molar-refractivity contribution in [1.29, 1.82) is 0 Å². The number of fused-ring (bicyclic) bond motifs is 1. The number of ether oxygens (including phenoxy) is 3. The molecule has 19 heavy (non-hydrogen) atoms. The second kappa shape index (κ2) is 5.10. The molecule has 2 aliphatic heterocycles.